The quantitative estimate of drug-likeness (QED) is 0.299. The summed E-state index contributed by atoms with van der Waals surface area (Å²) in [5, 5.41) is 11.1. The number of carboxylic acids is 1. The zero-order valence-corrected chi connectivity index (χ0v) is 18.5. The third kappa shape index (κ3) is 12.1. The first-order valence-corrected chi connectivity index (χ1v) is 7.05. The molecule has 0 amide bonds. The molecule has 0 saturated carbocycles. The Kier molecular flexibility index (Phi) is 17.3. The second kappa shape index (κ2) is 16.5. The molecule has 0 unspecified atom stereocenters. The van der Waals surface area contributed by atoms with Gasteiger partial charge in [-0.05, 0) is 12.0 Å². The summed E-state index contributed by atoms with van der Waals surface area (Å²) in [4.78, 5) is 27.4. The average Bonchev–Trinajstić information content (AvgIpc) is 2.57. The van der Waals surface area contributed by atoms with E-state index in [0.29, 0.717) is 19.3 Å². The molecule has 0 aliphatic carbocycles. The van der Waals surface area contributed by atoms with Crippen molar-refractivity contribution in [2.24, 2.45) is 0 Å². The molecule has 25 heavy (non-hydrogen) atoms. The van der Waals surface area contributed by atoms with Gasteiger partial charge in [0, 0.05) is 0 Å². The standard InChI is InChI=1S/C18H17O2.CO2.2Na/c19-18(20)17(13-11-15-7-3-1-4-8-15)14-12-16-9-5-2-6-10-16;2-1-3;;/h1-10H,11-13H2,(H,19,20);;;/q-1;;2*+1/p-1. The second-order valence-corrected chi connectivity index (χ2v) is 4.67. The molecule has 6 heteroatoms. The van der Waals surface area contributed by atoms with Gasteiger partial charge in [-0.2, -0.15) is 9.59 Å². The Bertz CT molecular complexity index is 664. The fourth-order valence-corrected chi connectivity index (χ4v) is 1.98. The molecule has 0 aliphatic rings. The number of aliphatic carboxylic acids is 1. The fourth-order valence-electron chi connectivity index (χ4n) is 1.98. The van der Waals surface area contributed by atoms with Gasteiger partial charge in [0.1, 0.15) is 0 Å². The van der Waals surface area contributed by atoms with Crippen LogP contribution in [0.2, 0.25) is 0 Å². The Morgan fingerprint density at radius 1 is 0.880 bits per heavy atom. The number of carboxylic acid groups (broad SMARTS) is 1. The van der Waals surface area contributed by atoms with Crippen molar-refractivity contribution in [3.8, 4) is 0 Å². The van der Waals surface area contributed by atoms with Gasteiger partial charge in [0.25, 0.3) is 0 Å². The number of hydrogen-bond acceptors (Lipinski definition) is 4. The minimum absolute atomic E-state index is 0. The Morgan fingerprint density at radius 2 is 1.32 bits per heavy atom. The molecule has 2 rings (SSSR count). The molecule has 2 aromatic rings. The van der Waals surface area contributed by atoms with E-state index >= 15 is 0 Å². The number of benzene rings is 2. The molecule has 0 aromatic heterocycles. The summed E-state index contributed by atoms with van der Waals surface area (Å²) in [6, 6.07) is 19.5. The van der Waals surface area contributed by atoms with E-state index in [1.54, 1.807) is 0 Å². The van der Waals surface area contributed by atoms with Crippen LogP contribution in [-0.2, 0) is 27.2 Å². The molecule has 0 radical (unpaired) electrons. The van der Waals surface area contributed by atoms with Crippen LogP contribution in [0.1, 0.15) is 17.5 Å². The summed E-state index contributed by atoms with van der Waals surface area (Å²) in [5.41, 5.74) is 2.41. The summed E-state index contributed by atoms with van der Waals surface area (Å²) in [7, 11) is 0. The molecule has 0 saturated heterocycles. The first-order valence-electron chi connectivity index (χ1n) is 7.05. The summed E-state index contributed by atoms with van der Waals surface area (Å²) in [6.45, 7) is 0. The van der Waals surface area contributed by atoms with Gasteiger partial charge in [-0.3, -0.25) is 6.08 Å². The van der Waals surface area contributed by atoms with Gasteiger partial charge in [-0.15, -0.1) is 5.97 Å². The van der Waals surface area contributed by atoms with Gasteiger partial charge in [0.2, 0.25) is 0 Å². The molecular formula is C19H16Na2O4. The van der Waals surface area contributed by atoms with E-state index in [0.717, 1.165) is 11.1 Å². The molecule has 0 aliphatic heterocycles. The van der Waals surface area contributed by atoms with Crippen molar-refractivity contribution >= 4 is 12.1 Å². The summed E-state index contributed by atoms with van der Waals surface area (Å²) >= 11 is 0. The van der Waals surface area contributed by atoms with Crippen molar-refractivity contribution in [2.75, 3.05) is 0 Å². The van der Waals surface area contributed by atoms with Gasteiger partial charge in [-0.1, -0.05) is 79.1 Å². The van der Waals surface area contributed by atoms with Crippen LogP contribution >= 0.6 is 0 Å². The maximum Gasteiger partial charge on any atom is 1.00 e. The number of rotatable bonds is 6. The SMILES string of the molecule is O=C([O-])C(=[C-]Cc1ccccc1)CCc1ccccc1.O=C=O.[Na+].[Na+]. The average molecular weight is 354 g/mol. The predicted molar refractivity (Wildman–Crippen MR) is 81.7 cm³/mol. The summed E-state index contributed by atoms with van der Waals surface area (Å²) in [6.07, 6.45) is 4.84. The van der Waals surface area contributed by atoms with Crippen LogP contribution < -0.4 is 64.2 Å². The van der Waals surface area contributed by atoms with Crippen molar-refractivity contribution < 1.29 is 78.6 Å². The van der Waals surface area contributed by atoms with Crippen molar-refractivity contribution in [2.45, 2.75) is 19.3 Å². The van der Waals surface area contributed by atoms with Crippen molar-refractivity contribution in [3.05, 3.63) is 83.4 Å². The number of aryl methyl sites for hydroxylation is 1. The van der Waals surface area contributed by atoms with Gasteiger partial charge in [-0.25, -0.2) is 5.57 Å². The van der Waals surface area contributed by atoms with Crippen LogP contribution in [0, 0.1) is 6.08 Å². The monoisotopic (exact) mass is 354 g/mol. The van der Waals surface area contributed by atoms with Crippen molar-refractivity contribution in [1.29, 1.82) is 0 Å². The van der Waals surface area contributed by atoms with Crippen LogP contribution in [0.15, 0.2) is 66.2 Å². The van der Waals surface area contributed by atoms with Crippen LogP contribution in [0.3, 0.4) is 0 Å². The van der Waals surface area contributed by atoms with Crippen LogP contribution in [0.4, 0.5) is 0 Å². The summed E-state index contributed by atoms with van der Waals surface area (Å²) in [5.74, 6) is -1.13. The molecule has 0 spiro atoms. The number of carbonyl (C=O) groups is 1. The van der Waals surface area contributed by atoms with Crippen LogP contribution in [0.25, 0.3) is 0 Å². The maximum absolute atomic E-state index is 11.1. The Hall–Kier alpha value is -0.970. The molecule has 2 aromatic carbocycles. The Labute approximate surface area is 191 Å². The maximum atomic E-state index is 11.1. The van der Waals surface area contributed by atoms with Crippen LogP contribution in [-0.4, -0.2) is 12.1 Å². The minimum atomic E-state index is -1.13. The zero-order valence-electron chi connectivity index (χ0n) is 14.5. The van der Waals surface area contributed by atoms with E-state index < -0.39 is 5.97 Å². The van der Waals surface area contributed by atoms with E-state index in [-0.39, 0.29) is 70.8 Å². The molecule has 118 valence electrons. The first-order chi connectivity index (χ1) is 11.2. The van der Waals surface area contributed by atoms with E-state index in [9.17, 15) is 9.90 Å². The fraction of sp³-hybridized carbons (Fsp3) is 0.158. The van der Waals surface area contributed by atoms with E-state index in [1.807, 2.05) is 60.7 Å². The normalized spacial score (nSPS) is 9.36. The Morgan fingerprint density at radius 3 is 1.76 bits per heavy atom. The van der Waals surface area contributed by atoms with E-state index in [2.05, 4.69) is 6.08 Å². The topological polar surface area (TPSA) is 74.3 Å². The van der Waals surface area contributed by atoms with Crippen molar-refractivity contribution in [3.63, 3.8) is 0 Å². The molecule has 0 heterocycles. The molecule has 0 fully saturated rings. The van der Waals surface area contributed by atoms with Gasteiger partial charge in [0.05, 0.1) is 0 Å². The third-order valence-corrected chi connectivity index (χ3v) is 3.10. The number of allylic oxidation sites excluding steroid dienone is 1. The van der Waals surface area contributed by atoms with Gasteiger partial charge in [0.15, 0.2) is 0 Å². The van der Waals surface area contributed by atoms with Crippen LogP contribution in [0.5, 0.6) is 0 Å². The van der Waals surface area contributed by atoms with Gasteiger partial charge < -0.3 is 9.90 Å². The van der Waals surface area contributed by atoms with E-state index in [4.69, 9.17) is 9.59 Å². The molecule has 4 nitrogen and oxygen atoms in total. The number of hydrogen-bond donors (Lipinski definition) is 0. The molecule has 0 bridgehead atoms. The minimum Gasteiger partial charge on any atom is -0.658 e. The largest absolute Gasteiger partial charge is 1.00 e. The Balaban J connectivity index is 0. The second-order valence-electron chi connectivity index (χ2n) is 4.67. The predicted octanol–water partition coefficient (Wildman–Crippen LogP) is -4.23. The number of carbonyl (C=O) groups excluding carboxylic acids is 3. The smallest absolute Gasteiger partial charge is 0.658 e. The third-order valence-electron chi connectivity index (χ3n) is 3.10. The summed E-state index contributed by atoms with van der Waals surface area (Å²) < 4.78 is 0. The molecule has 0 N–H and O–H groups in total. The van der Waals surface area contributed by atoms with Gasteiger partial charge >= 0.3 is 65.3 Å². The first kappa shape index (κ1) is 26.3. The molecular weight excluding hydrogens is 338 g/mol. The zero-order chi connectivity index (χ0) is 16.9. The van der Waals surface area contributed by atoms with Crippen molar-refractivity contribution in [1.82, 2.24) is 0 Å². The van der Waals surface area contributed by atoms with E-state index in [1.165, 1.54) is 0 Å². The molecule has 0 atom stereocenters.